The van der Waals surface area contributed by atoms with Crippen molar-refractivity contribution in [2.75, 3.05) is 13.1 Å². The van der Waals surface area contributed by atoms with Crippen molar-refractivity contribution in [3.8, 4) is 0 Å². The van der Waals surface area contributed by atoms with Gasteiger partial charge in [-0.3, -0.25) is 9.59 Å². The molecule has 0 unspecified atom stereocenters. The molecule has 7 nitrogen and oxygen atoms in total. The summed E-state index contributed by atoms with van der Waals surface area (Å²) >= 11 is 0. The van der Waals surface area contributed by atoms with Crippen LogP contribution in [0.2, 0.25) is 0 Å². The number of carbonyl (C=O) groups excluding carboxylic acids is 2. The van der Waals surface area contributed by atoms with Crippen LogP contribution in [0.25, 0.3) is 0 Å². The smallest absolute Gasteiger partial charge is 0.270 e. The number of rotatable bonds is 6. The first kappa shape index (κ1) is 19.7. The molecule has 1 aromatic rings. The molecule has 2 heterocycles. The molecule has 1 saturated heterocycles. The predicted octanol–water partition coefficient (Wildman–Crippen LogP) is 1.68. The summed E-state index contributed by atoms with van der Waals surface area (Å²) in [6.07, 6.45) is 3.98. The van der Waals surface area contributed by atoms with Crippen LogP contribution in [-0.2, 0) is 19.6 Å². The fourth-order valence-electron chi connectivity index (χ4n) is 2.77. The molecule has 0 spiro atoms. The minimum Gasteiger partial charge on any atom is -0.468 e. The summed E-state index contributed by atoms with van der Waals surface area (Å²) in [5, 5.41) is 2.96. The second-order valence-electron chi connectivity index (χ2n) is 6.61. The highest BCUT2D eigenvalue weighted by Crippen LogP contribution is 2.26. The van der Waals surface area contributed by atoms with E-state index < -0.39 is 22.0 Å². The average Bonchev–Trinajstić information content (AvgIpc) is 2.87. The molecule has 0 aromatic carbocycles. The molecular formula is C17H25N2O5S. The molecule has 25 heavy (non-hydrogen) atoms. The van der Waals surface area contributed by atoms with Crippen LogP contribution in [0.3, 0.4) is 0 Å². The Morgan fingerprint density at radius 2 is 2.20 bits per heavy atom. The van der Waals surface area contributed by atoms with Crippen LogP contribution >= 0.6 is 0 Å². The van der Waals surface area contributed by atoms with Gasteiger partial charge >= 0.3 is 0 Å². The quantitative estimate of drug-likeness (QED) is 0.819. The van der Waals surface area contributed by atoms with E-state index in [0.717, 1.165) is 4.31 Å². The van der Waals surface area contributed by atoms with Crippen molar-refractivity contribution < 1.29 is 22.4 Å². The van der Waals surface area contributed by atoms with Gasteiger partial charge in [0.25, 0.3) is 10.0 Å². The first-order valence-electron chi connectivity index (χ1n) is 8.44. The molecule has 1 atom stereocenters. The second-order valence-corrected chi connectivity index (χ2v) is 8.40. The van der Waals surface area contributed by atoms with Crippen LogP contribution in [0.15, 0.2) is 21.6 Å². The van der Waals surface area contributed by atoms with Crippen molar-refractivity contribution in [2.45, 2.75) is 51.0 Å². The fraction of sp³-hybridized carbons (Fsp3) is 0.588. The van der Waals surface area contributed by atoms with Crippen molar-refractivity contribution in [3.63, 3.8) is 0 Å². The van der Waals surface area contributed by atoms with E-state index in [4.69, 9.17) is 4.42 Å². The number of amides is 1. The third kappa shape index (κ3) is 4.49. The van der Waals surface area contributed by atoms with Gasteiger partial charge in [-0.1, -0.05) is 13.8 Å². The van der Waals surface area contributed by atoms with Gasteiger partial charge in [0.15, 0.2) is 5.78 Å². The van der Waals surface area contributed by atoms with Gasteiger partial charge in [-0.25, -0.2) is 12.7 Å². The minimum atomic E-state index is -4.17. The lowest BCUT2D eigenvalue weighted by molar-refractivity contribution is -0.131. The summed E-state index contributed by atoms with van der Waals surface area (Å²) in [6.45, 7) is 6.06. The highest BCUT2D eigenvalue weighted by molar-refractivity contribution is 7.89. The van der Waals surface area contributed by atoms with E-state index in [-0.39, 0.29) is 28.9 Å². The van der Waals surface area contributed by atoms with E-state index in [1.165, 1.54) is 25.7 Å². The highest BCUT2D eigenvalue weighted by atomic mass is 32.2. The summed E-state index contributed by atoms with van der Waals surface area (Å²) in [5.74, 6) is -0.556. The molecule has 1 aliphatic rings. The Balaban J connectivity index is 2.42. The fourth-order valence-corrected chi connectivity index (χ4v) is 4.49. The Bertz CT molecular complexity index is 723. The number of carbonyl (C=O) groups is 2. The summed E-state index contributed by atoms with van der Waals surface area (Å²) in [6, 6.07) is 0.317. The molecule has 8 heteroatoms. The first-order chi connectivity index (χ1) is 11.7. The lowest BCUT2D eigenvalue weighted by Crippen LogP contribution is -2.49. The van der Waals surface area contributed by atoms with Gasteiger partial charge in [0.2, 0.25) is 5.91 Å². The Morgan fingerprint density at radius 3 is 2.80 bits per heavy atom. The molecule has 1 N–H and O–H groups in total. The van der Waals surface area contributed by atoms with Gasteiger partial charge in [-0.05, 0) is 44.7 Å². The Morgan fingerprint density at radius 1 is 1.48 bits per heavy atom. The van der Waals surface area contributed by atoms with E-state index in [9.17, 15) is 18.0 Å². The molecule has 1 aromatic heterocycles. The zero-order valence-electron chi connectivity index (χ0n) is 14.8. The first-order valence-corrected chi connectivity index (χ1v) is 9.88. The number of ketones is 1. The van der Waals surface area contributed by atoms with Crippen molar-refractivity contribution in [1.82, 2.24) is 9.62 Å². The number of furan rings is 1. The second kappa shape index (κ2) is 8.14. The molecule has 1 aliphatic heterocycles. The predicted molar refractivity (Wildman–Crippen MR) is 92.1 cm³/mol. The zero-order valence-corrected chi connectivity index (χ0v) is 15.6. The molecule has 139 valence electrons. The lowest BCUT2D eigenvalue weighted by Gasteiger charge is -2.29. The van der Waals surface area contributed by atoms with Crippen molar-refractivity contribution in [3.05, 3.63) is 24.5 Å². The zero-order chi connectivity index (χ0) is 18.6. The maximum atomic E-state index is 13.1. The van der Waals surface area contributed by atoms with E-state index >= 15 is 0 Å². The molecule has 2 rings (SSSR count). The summed E-state index contributed by atoms with van der Waals surface area (Å²) < 4.78 is 32.1. The van der Waals surface area contributed by atoms with Crippen LogP contribution in [-0.4, -0.2) is 43.5 Å². The van der Waals surface area contributed by atoms with Crippen molar-refractivity contribution in [1.29, 1.82) is 0 Å². The maximum Gasteiger partial charge on any atom is 0.270 e. The number of hydrogen-bond acceptors (Lipinski definition) is 6. The number of nitrogens with one attached hydrogen (secondary N) is 1. The van der Waals surface area contributed by atoms with Crippen LogP contribution in [0.1, 0.15) is 38.9 Å². The van der Waals surface area contributed by atoms with Gasteiger partial charge in [0, 0.05) is 0 Å². The SMILES string of the molecule is Cc1occc1S(=O)(=O)N(C(=O)[CH]CC(C)C)[C@H]1CCCNCC1=O. The molecular weight excluding hydrogens is 344 g/mol. The van der Waals surface area contributed by atoms with E-state index in [2.05, 4.69) is 5.32 Å². The van der Waals surface area contributed by atoms with Gasteiger partial charge in [0.1, 0.15) is 16.7 Å². The summed E-state index contributed by atoms with van der Waals surface area (Å²) in [5.41, 5.74) is 0. The van der Waals surface area contributed by atoms with E-state index in [1.807, 2.05) is 13.8 Å². The van der Waals surface area contributed by atoms with E-state index in [0.29, 0.717) is 25.8 Å². The highest BCUT2D eigenvalue weighted by Gasteiger charge is 2.40. The largest absolute Gasteiger partial charge is 0.468 e. The number of nitrogens with zero attached hydrogens (tertiary/aromatic N) is 1. The molecule has 0 saturated carbocycles. The van der Waals surface area contributed by atoms with Crippen LogP contribution in [0, 0.1) is 19.3 Å². The Hall–Kier alpha value is -1.67. The summed E-state index contributed by atoms with van der Waals surface area (Å²) in [7, 11) is -4.17. The standard InChI is InChI=1S/C17H25N2O5S/c1-12(2)6-7-17(21)19(14-5-4-9-18-11-15(14)20)25(22,23)16-8-10-24-13(16)3/h7-8,10,12,14,18H,4-6,9,11H2,1-3H3/t14-/m0/s1. The number of aryl methyl sites for hydroxylation is 1. The summed E-state index contributed by atoms with van der Waals surface area (Å²) in [4.78, 5) is 25.1. The maximum absolute atomic E-state index is 13.1. The lowest BCUT2D eigenvalue weighted by atomic mass is 10.1. The van der Waals surface area contributed by atoms with Crippen molar-refractivity contribution >= 4 is 21.7 Å². The van der Waals surface area contributed by atoms with Crippen LogP contribution < -0.4 is 5.32 Å². The monoisotopic (exact) mass is 369 g/mol. The topological polar surface area (TPSA) is 96.7 Å². The van der Waals surface area contributed by atoms with Crippen LogP contribution in [0.4, 0.5) is 0 Å². The van der Waals surface area contributed by atoms with Gasteiger partial charge in [-0.15, -0.1) is 0 Å². The minimum absolute atomic E-state index is 0.0541. The Labute approximate surface area is 148 Å². The normalized spacial score (nSPS) is 19.0. The van der Waals surface area contributed by atoms with Gasteiger partial charge in [0.05, 0.1) is 19.2 Å². The number of sulfonamides is 1. The molecule has 1 radical (unpaired) electrons. The third-order valence-electron chi connectivity index (χ3n) is 4.11. The molecule has 0 aliphatic carbocycles. The van der Waals surface area contributed by atoms with Gasteiger partial charge in [-0.2, -0.15) is 0 Å². The molecule has 1 amide bonds. The third-order valence-corrected chi connectivity index (χ3v) is 6.05. The van der Waals surface area contributed by atoms with E-state index in [1.54, 1.807) is 0 Å². The number of Topliss-reactive ketones (excluding diaryl/α,β-unsaturated/α-hetero) is 1. The van der Waals surface area contributed by atoms with Gasteiger partial charge < -0.3 is 9.73 Å². The van der Waals surface area contributed by atoms with Crippen LogP contribution in [0.5, 0.6) is 0 Å². The van der Waals surface area contributed by atoms with Crippen molar-refractivity contribution in [2.24, 2.45) is 5.92 Å². The number of hydrogen-bond donors (Lipinski definition) is 1. The Kier molecular flexibility index (Phi) is 6.40. The molecule has 0 bridgehead atoms. The molecule has 1 fully saturated rings. The average molecular weight is 369 g/mol.